The summed E-state index contributed by atoms with van der Waals surface area (Å²) < 4.78 is 5.57. The summed E-state index contributed by atoms with van der Waals surface area (Å²) in [5, 5.41) is 28.4. The molecule has 0 radical (unpaired) electrons. The van der Waals surface area contributed by atoms with Crippen LogP contribution in [-0.4, -0.2) is 34.4 Å². The van der Waals surface area contributed by atoms with Crippen molar-refractivity contribution in [3.8, 4) is 11.5 Å². The van der Waals surface area contributed by atoms with Gasteiger partial charge in [0.05, 0.1) is 7.11 Å². The van der Waals surface area contributed by atoms with Crippen LogP contribution in [0.5, 0.6) is 11.5 Å². The second-order valence-electron chi connectivity index (χ2n) is 8.33. The number of aliphatic carboxylic acids is 2. The van der Waals surface area contributed by atoms with Crippen LogP contribution in [0.3, 0.4) is 0 Å². The van der Waals surface area contributed by atoms with Gasteiger partial charge in [0, 0.05) is 24.0 Å². The van der Waals surface area contributed by atoms with Gasteiger partial charge in [0.25, 0.3) is 0 Å². The predicted molar refractivity (Wildman–Crippen MR) is 104 cm³/mol. The van der Waals surface area contributed by atoms with Gasteiger partial charge in [-0.25, -0.2) is 0 Å². The van der Waals surface area contributed by atoms with Gasteiger partial charge < -0.3 is 20.1 Å². The molecule has 0 amide bonds. The van der Waals surface area contributed by atoms with E-state index in [1.165, 1.54) is 0 Å². The zero-order chi connectivity index (χ0) is 20.8. The number of carbonyl (C=O) groups is 2. The van der Waals surface area contributed by atoms with Gasteiger partial charge in [-0.05, 0) is 48.6 Å². The first-order valence-corrected chi connectivity index (χ1v) is 9.26. The number of ether oxygens (including phenoxy) is 1. The molecule has 0 saturated carbocycles. The van der Waals surface area contributed by atoms with Crippen molar-refractivity contribution in [2.24, 2.45) is 0 Å². The van der Waals surface area contributed by atoms with Crippen molar-refractivity contribution < 1.29 is 29.6 Å². The Labute approximate surface area is 161 Å². The summed E-state index contributed by atoms with van der Waals surface area (Å²) in [5.41, 5.74) is 0.788. The number of benzene rings is 1. The fourth-order valence-corrected chi connectivity index (χ4v) is 3.44. The highest BCUT2D eigenvalue weighted by Crippen LogP contribution is 2.43. The number of carboxylic acid groups (broad SMARTS) is 2. The van der Waals surface area contributed by atoms with Gasteiger partial charge in [-0.2, -0.15) is 0 Å². The molecule has 6 nitrogen and oxygen atoms in total. The van der Waals surface area contributed by atoms with E-state index in [0.29, 0.717) is 31.4 Å². The molecular weight excluding hydrogens is 348 g/mol. The normalized spacial score (nSPS) is 12.0. The van der Waals surface area contributed by atoms with Gasteiger partial charge in [0.15, 0.2) is 0 Å². The Morgan fingerprint density at radius 2 is 1.33 bits per heavy atom. The zero-order valence-corrected chi connectivity index (χ0v) is 17.0. The highest BCUT2D eigenvalue weighted by atomic mass is 16.5. The van der Waals surface area contributed by atoms with Gasteiger partial charge in [0.1, 0.15) is 11.5 Å². The Bertz CT molecular complexity index is 675. The van der Waals surface area contributed by atoms with Crippen LogP contribution >= 0.6 is 0 Å². The molecule has 0 unspecified atom stereocenters. The van der Waals surface area contributed by atoms with Crippen molar-refractivity contribution >= 4 is 11.9 Å². The summed E-state index contributed by atoms with van der Waals surface area (Å²) >= 11 is 0. The smallest absolute Gasteiger partial charge is 0.303 e. The van der Waals surface area contributed by atoms with Gasteiger partial charge in [-0.3, -0.25) is 9.59 Å². The maximum Gasteiger partial charge on any atom is 0.303 e. The summed E-state index contributed by atoms with van der Waals surface area (Å²) in [5.74, 6) is -0.850. The number of carboxylic acids is 2. The van der Waals surface area contributed by atoms with Gasteiger partial charge >= 0.3 is 11.9 Å². The van der Waals surface area contributed by atoms with Gasteiger partial charge in [-0.15, -0.1) is 0 Å². The van der Waals surface area contributed by atoms with E-state index in [2.05, 4.69) is 0 Å². The largest absolute Gasteiger partial charge is 0.508 e. The SMILES string of the molecule is COc1cc(C(C)(C)CCCC(=O)O)c(O)cc1C(C)(C)CCCC(=O)O. The second-order valence-corrected chi connectivity index (χ2v) is 8.33. The molecule has 152 valence electrons. The molecule has 0 bridgehead atoms. The Hall–Kier alpha value is -2.24. The summed E-state index contributed by atoms with van der Waals surface area (Å²) in [6.45, 7) is 7.95. The molecule has 0 aliphatic heterocycles. The molecule has 0 aromatic heterocycles. The third kappa shape index (κ3) is 6.45. The van der Waals surface area contributed by atoms with Crippen LogP contribution in [0, 0.1) is 0 Å². The average molecular weight is 380 g/mol. The molecule has 0 heterocycles. The van der Waals surface area contributed by atoms with Crippen LogP contribution in [0.25, 0.3) is 0 Å². The number of aromatic hydroxyl groups is 1. The molecule has 0 aliphatic carbocycles. The Morgan fingerprint density at radius 1 is 0.889 bits per heavy atom. The number of phenols is 1. The highest BCUT2D eigenvalue weighted by Gasteiger charge is 2.30. The van der Waals surface area contributed by atoms with E-state index in [1.807, 2.05) is 33.8 Å². The minimum Gasteiger partial charge on any atom is -0.508 e. The lowest BCUT2D eigenvalue weighted by Gasteiger charge is -2.31. The van der Waals surface area contributed by atoms with Gasteiger partial charge in [-0.1, -0.05) is 27.7 Å². The standard InChI is InChI=1S/C21H32O6/c1-20(2,10-6-8-18(23)24)14-13-17(27-5)15(12-16(14)22)21(3,4)11-7-9-19(25)26/h12-13,22H,6-11H2,1-5H3,(H,23,24)(H,25,26). The predicted octanol–water partition coefficient (Wildman–Crippen LogP) is 4.47. The molecule has 0 atom stereocenters. The summed E-state index contributed by atoms with van der Waals surface area (Å²) in [6.07, 6.45) is 2.53. The van der Waals surface area contributed by atoms with Gasteiger partial charge in [0.2, 0.25) is 0 Å². The van der Waals surface area contributed by atoms with E-state index < -0.39 is 17.4 Å². The van der Waals surface area contributed by atoms with E-state index in [1.54, 1.807) is 13.2 Å². The number of hydrogen-bond acceptors (Lipinski definition) is 4. The Balaban J connectivity index is 3.13. The maximum absolute atomic E-state index is 10.8. The van der Waals surface area contributed by atoms with E-state index in [9.17, 15) is 14.7 Å². The maximum atomic E-state index is 10.8. The first kappa shape index (κ1) is 22.8. The van der Waals surface area contributed by atoms with Crippen molar-refractivity contribution in [2.75, 3.05) is 7.11 Å². The minimum atomic E-state index is -0.828. The molecule has 27 heavy (non-hydrogen) atoms. The van der Waals surface area contributed by atoms with Crippen LogP contribution in [0.2, 0.25) is 0 Å². The van der Waals surface area contributed by atoms with E-state index in [-0.39, 0.29) is 24.0 Å². The van der Waals surface area contributed by atoms with Crippen LogP contribution < -0.4 is 4.74 Å². The van der Waals surface area contributed by atoms with Crippen molar-refractivity contribution in [1.82, 2.24) is 0 Å². The van der Waals surface area contributed by atoms with Crippen LogP contribution in [0.15, 0.2) is 12.1 Å². The van der Waals surface area contributed by atoms with Crippen molar-refractivity contribution in [1.29, 1.82) is 0 Å². The molecule has 1 rings (SSSR count). The summed E-state index contributed by atoms with van der Waals surface area (Å²) in [6, 6.07) is 3.53. The summed E-state index contributed by atoms with van der Waals surface area (Å²) in [7, 11) is 1.57. The topological polar surface area (TPSA) is 104 Å². The Morgan fingerprint density at radius 3 is 1.74 bits per heavy atom. The number of methoxy groups -OCH3 is 1. The molecule has 0 aliphatic rings. The molecule has 0 saturated heterocycles. The fraction of sp³-hybridized carbons (Fsp3) is 0.619. The first-order chi connectivity index (χ1) is 12.4. The lowest BCUT2D eigenvalue weighted by molar-refractivity contribution is -0.138. The third-order valence-corrected chi connectivity index (χ3v) is 5.16. The minimum absolute atomic E-state index is 0.0933. The highest BCUT2D eigenvalue weighted by molar-refractivity contribution is 5.67. The zero-order valence-electron chi connectivity index (χ0n) is 17.0. The molecule has 6 heteroatoms. The first-order valence-electron chi connectivity index (χ1n) is 9.26. The summed E-state index contributed by atoms with van der Waals surface area (Å²) in [4.78, 5) is 21.5. The van der Waals surface area contributed by atoms with Crippen LogP contribution in [0.4, 0.5) is 0 Å². The lowest BCUT2D eigenvalue weighted by atomic mass is 9.75. The molecular formula is C21H32O6. The molecule has 0 fully saturated rings. The Kier molecular flexibility index (Phi) is 7.69. The van der Waals surface area contributed by atoms with Crippen molar-refractivity contribution in [3.05, 3.63) is 23.3 Å². The molecule has 3 N–H and O–H groups in total. The molecule has 0 spiro atoms. The van der Waals surface area contributed by atoms with Crippen molar-refractivity contribution in [2.45, 2.75) is 77.0 Å². The lowest BCUT2D eigenvalue weighted by Crippen LogP contribution is -2.22. The third-order valence-electron chi connectivity index (χ3n) is 5.16. The molecule has 1 aromatic carbocycles. The molecule has 1 aromatic rings. The number of phenolic OH excluding ortho intramolecular Hbond substituents is 1. The van der Waals surface area contributed by atoms with Crippen LogP contribution in [-0.2, 0) is 20.4 Å². The second kappa shape index (κ2) is 9.11. The number of hydrogen-bond donors (Lipinski definition) is 3. The van der Waals surface area contributed by atoms with Crippen molar-refractivity contribution in [3.63, 3.8) is 0 Å². The van der Waals surface area contributed by atoms with E-state index >= 15 is 0 Å². The fourth-order valence-electron chi connectivity index (χ4n) is 3.44. The quantitative estimate of drug-likeness (QED) is 0.523. The average Bonchev–Trinajstić information content (AvgIpc) is 2.53. The van der Waals surface area contributed by atoms with Crippen LogP contribution in [0.1, 0.15) is 77.3 Å². The monoisotopic (exact) mass is 380 g/mol. The van der Waals surface area contributed by atoms with E-state index in [4.69, 9.17) is 14.9 Å². The van der Waals surface area contributed by atoms with E-state index in [0.717, 1.165) is 11.1 Å². The number of rotatable bonds is 11.